The molecule has 0 unspecified atom stereocenters. The fourth-order valence-corrected chi connectivity index (χ4v) is 5.04. The molecule has 2 heterocycles. The van der Waals surface area contributed by atoms with Crippen molar-refractivity contribution in [1.29, 1.82) is 0 Å². The van der Waals surface area contributed by atoms with Gasteiger partial charge < -0.3 is 10.2 Å². The minimum atomic E-state index is -3.55. The summed E-state index contributed by atoms with van der Waals surface area (Å²) in [6, 6.07) is 16.4. The van der Waals surface area contributed by atoms with E-state index in [-0.39, 0.29) is 37.4 Å². The third-order valence-corrected chi connectivity index (χ3v) is 7.00. The van der Waals surface area contributed by atoms with Gasteiger partial charge in [-0.1, -0.05) is 42.5 Å². The molecule has 2 aromatic rings. The molecule has 0 spiro atoms. The lowest BCUT2D eigenvalue weighted by Gasteiger charge is -2.35. The molecule has 2 aliphatic heterocycles. The molecule has 0 atom stereocenters. The van der Waals surface area contributed by atoms with E-state index in [1.54, 1.807) is 24.3 Å². The normalized spacial score (nSPS) is 18.3. The standard InChI is InChI=1S/C22H23N3O4S/c26-21-16-25(20-9-5-4-8-19(20)23-21)22(27)18-10-13-24(14-11-18)30(28,29)15-12-17-6-2-1-3-7-17/h1-9,12,15,18H,10-11,13-14,16H2,(H,23,26). The Morgan fingerprint density at radius 3 is 2.40 bits per heavy atom. The van der Waals surface area contributed by atoms with Crippen LogP contribution in [0.25, 0.3) is 6.08 Å². The second-order valence-electron chi connectivity index (χ2n) is 7.42. The Morgan fingerprint density at radius 1 is 1.00 bits per heavy atom. The second-order valence-corrected chi connectivity index (χ2v) is 9.24. The Balaban J connectivity index is 1.42. The number of fused-ring (bicyclic) bond motifs is 1. The topological polar surface area (TPSA) is 86.8 Å². The largest absolute Gasteiger partial charge is 0.323 e. The molecule has 1 saturated heterocycles. The smallest absolute Gasteiger partial charge is 0.244 e. The van der Waals surface area contributed by atoms with Gasteiger partial charge in [0.2, 0.25) is 21.8 Å². The Kier molecular flexibility index (Phi) is 5.69. The number of benzene rings is 2. The molecular formula is C22H23N3O4S. The quantitative estimate of drug-likeness (QED) is 0.816. The van der Waals surface area contributed by atoms with Gasteiger partial charge >= 0.3 is 0 Å². The van der Waals surface area contributed by atoms with Crippen LogP contribution < -0.4 is 10.2 Å². The monoisotopic (exact) mass is 425 g/mol. The van der Waals surface area contributed by atoms with E-state index in [1.165, 1.54) is 14.6 Å². The number of sulfonamides is 1. The van der Waals surface area contributed by atoms with Crippen molar-refractivity contribution in [2.45, 2.75) is 12.8 Å². The molecule has 2 aromatic carbocycles. The highest BCUT2D eigenvalue weighted by Crippen LogP contribution is 2.32. The number of carbonyl (C=O) groups is 2. The van der Waals surface area contributed by atoms with E-state index in [4.69, 9.17) is 0 Å². The van der Waals surface area contributed by atoms with Gasteiger partial charge in [-0.3, -0.25) is 9.59 Å². The zero-order valence-electron chi connectivity index (χ0n) is 16.4. The van der Waals surface area contributed by atoms with Gasteiger partial charge in [-0.2, -0.15) is 4.31 Å². The van der Waals surface area contributed by atoms with Crippen molar-refractivity contribution in [1.82, 2.24) is 4.31 Å². The SMILES string of the molecule is O=C1CN(C(=O)C2CCN(S(=O)(=O)C=Cc3ccccc3)CC2)c2ccccc2N1. The lowest BCUT2D eigenvalue weighted by molar-refractivity contribution is -0.125. The van der Waals surface area contributed by atoms with Crippen molar-refractivity contribution >= 4 is 39.3 Å². The Labute approximate surface area is 176 Å². The number of rotatable bonds is 4. The van der Waals surface area contributed by atoms with Crippen LogP contribution in [0.2, 0.25) is 0 Å². The fourth-order valence-electron chi connectivity index (χ4n) is 3.82. The summed E-state index contributed by atoms with van der Waals surface area (Å²) in [6.45, 7) is 0.535. The maximum atomic E-state index is 13.1. The van der Waals surface area contributed by atoms with E-state index in [0.717, 1.165) is 5.56 Å². The summed E-state index contributed by atoms with van der Waals surface area (Å²) in [5.41, 5.74) is 2.12. The second kappa shape index (κ2) is 8.41. The summed E-state index contributed by atoms with van der Waals surface area (Å²) in [5.74, 6) is -0.671. The lowest BCUT2D eigenvalue weighted by Crippen LogP contribution is -2.48. The molecule has 0 bridgehead atoms. The lowest BCUT2D eigenvalue weighted by atomic mass is 9.95. The minimum Gasteiger partial charge on any atom is -0.323 e. The molecule has 2 amide bonds. The Morgan fingerprint density at radius 2 is 1.67 bits per heavy atom. The van der Waals surface area contributed by atoms with Crippen LogP contribution >= 0.6 is 0 Å². The summed E-state index contributed by atoms with van der Waals surface area (Å²) in [4.78, 5) is 26.6. The zero-order chi connectivity index (χ0) is 21.1. The molecule has 1 fully saturated rings. The molecular weight excluding hydrogens is 402 g/mol. The number of amides is 2. The Hall–Kier alpha value is -2.97. The van der Waals surface area contributed by atoms with Crippen molar-refractivity contribution < 1.29 is 18.0 Å². The third kappa shape index (κ3) is 4.29. The maximum absolute atomic E-state index is 13.1. The van der Waals surface area contributed by atoms with E-state index in [1.807, 2.05) is 36.4 Å². The third-order valence-electron chi connectivity index (χ3n) is 5.43. The van der Waals surface area contributed by atoms with Crippen LogP contribution in [-0.2, 0) is 19.6 Å². The summed E-state index contributed by atoms with van der Waals surface area (Å²) in [7, 11) is -3.55. The van der Waals surface area contributed by atoms with Crippen molar-refractivity contribution in [2.75, 3.05) is 29.9 Å². The van der Waals surface area contributed by atoms with Crippen LogP contribution in [0.5, 0.6) is 0 Å². The van der Waals surface area contributed by atoms with Crippen LogP contribution in [0.15, 0.2) is 60.0 Å². The van der Waals surface area contributed by atoms with E-state index >= 15 is 0 Å². The van der Waals surface area contributed by atoms with Gasteiger partial charge in [0.05, 0.1) is 11.4 Å². The first-order valence-corrected chi connectivity index (χ1v) is 11.4. The van der Waals surface area contributed by atoms with Crippen molar-refractivity contribution in [2.24, 2.45) is 5.92 Å². The van der Waals surface area contributed by atoms with Crippen molar-refractivity contribution in [3.05, 3.63) is 65.6 Å². The van der Waals surface area contributed by atoms with Gasteiger partial charge in [-0.25, -0.2) is 8.42 Å². The molecule has 1 N–H and O–H groups in total. The molecule has 156 valence electrons. The predicted octanol–water partition coefficient (Wildman–Crippen LogP) is 2.68. The highest BCUT2D eigenvalue weighted by atomic mass is 32.2. The molecule has 8 heteroatoms. The summed E-state index contributed by atoms with van der Waals surface area (Å²) in [5, 5.41) is 3.99. The van der Waals surface area contributed by atoms with Crippen LogP contribution in [0, 0.1) is 5.92 Å². The summed E-state index contributed by atoms with van der Waals surface area (Å²) < 4.78 is 26.7. The first-order chi connectivity index (χ1) is 14.4. The molecule has 30 heavy (non-hydrogen) atoms. The molecule has 0 aliphatic carbocycles. The van der Waals surface area contributed by atoms with Crippen LogP contribution in [0.4, 0.5) is 11.4 Å². The van der Waals surface area contributed by atoms with Crippen LogP contribution in [-0.4, -0.2) is 44.2 Å². The molecule has 4 rings (SSSR count). The predicted molar refractivity (Wildman–Crippen MR) is 116 cm³/mol. The van der Waals surface area contributed by atoms with Gasteiger partial charge in [0.1, 0.15) is 6.54 Å². The minimum absolute atomic E-state index is 0.0197. The van der Waals surface area contributed by atoms with Crippen molar-refractivity contribution in [3.8, 4) is 0 Å². The molecule has 0 aromatic heterocycles. The average Bonchev–Trinajstić information content (AvgIpc) is 2.77. The van der Waals surface area contributed by atoms with Gasteiger partial charge in [0.15, 0.2) is 0 Å². The van der Waals surface area contributed by atoms with Crippen LogP contribution in [0.1, 0.15) is 18.4 Å². The van der Waals surface area contributed by atoms with Gasteiger partial charge in [0.25, 0.3) is 0 Å². The van der Waals surface area contributed by atoms with E-state index < -0.39 is 10.0 Å². The number of carbonyl (C=O) groups excluding carboxylic acids is 2. The fraction of sp³-hybridized carbons (Fsp3) is 0.273. The number of para-hydroxylation sites is 2. The molecule has 0 saturated carbocycles. The van der Waals surface area contributed by atoms with Crippen LogP contribution in [0.3, 0.4) is 0 Å². The van der Waals surface area contributed by atoms with E-state index in [9.17, 15) is 18.0 Å². The van der Waals surface area contributed by atoms with Gasteiger partial charge in [-0.15, -0.1) is 0 Å². The van der Waals surface area contributed by atoms with E-state index in [0.29, 0.717) is 24.2 Å². The highest BCUT2D eigenvalue weighted by molar-refractivity contribution is 7.92. The van der Waals surface area contributed by atoms with Crippen molar-refractivity contribution in [3.63, 3.8) is 0 Å². The Bertz CT molecular complexity index is 1070. The number of anilines is 2. The average molecular weight is 426 g/mol. The molecule has 0 radical (unpaired) electrons. The summed E-state index contributed by atoms with van der Waals surface area (Å²) >= 11 is 0. The summed E-state index contributed by atoms with van der Waals surface area (Å²) in [6.07, 6.45) is 2.44. The number of nitrogens with one attached hydrogen (secondary N) is 1. The highest BCUT2D eigenvalue weighted by Gasteiger charge is 2.35. The van der Waals surface area contributed by atoms with Gasteiger partial charge in [0, 0.05) is 24.4 Å². The first kappa shape index (κ1) is 20.3. The molecule has 2 aliphatic rings. The number of piperidine rings is 1. The zero-order valence-corrected chi connectivity index (χ0v) is 17.2. The first-order valence-electron chi connectivity index (χ1n) is 9.87. The number of hydrogen-bond donors (Lipinski definition) is 1. The number of hydrogen-bond acceptors (Lipinski definition) is 4. The van der Waals surface area contributed by atoms with E-state index in [2.05, 4.69) is 5.32 Å². The maximum Gasteiger partial charge on any atom is 0.244 e. The molecule has 7 nitrogen and oxygen atoms in total. The van der Waals surface area contributed by atoms with Gasteiger partial charge in [-0.05, 0) is 36.6 Å². The number of nitrogens with zero attached hydrogens (tertiary/aromatic N) is 2.